The lowest BCUT2D eigenvalue weighted by molar-refractivity contribution is -0.137. The van der Waals surface area contributed by atoms with Crippen LogP contribution in [0.15, 0.2) is 23.9 Å². The van der Waals surface area contributed by atoms with Crippen LogP contribution in [0.1, 0.15) is 38.8 Å². The topological polar surface area (TPSA) is 43.4 Å². The molecule has 1 aromatic rings. The van der Waals surface area contributed by atoms with Gasteiger partial charge in [0.2, 0.25) is 0 Å². The summed E-state index contributed by atoms with van der Waals surface area (Å²) >= 11 is 0. The molecule has 24 heavy (non-hydrogen) atoms. The Hall–Kier alpha value is -1.38. The van der Waals surface area contributed by atoms with Crippen LogP contribution in [0.3, 0.4) is 0 Å². The summed E-state index contributed by atoms with van der Waals surface area (Å²) in [5, 5.41) is 2.95. The Bertz CT molecular complexity index is 614. The zero-order valence-corrected chi connectivity index (χ0v) is 14.5. The highest BCUT2D eigenvalue weighted by atomic mass is 19.4. The molecule has 0 atom stereocenters. The summed E-state index contributed by atoms with van der Waals surface area (Å²) in [4.78, 5) is 3.81. The highest BCUT2D eigenvalue weighted by Crippen LogP contribution is 2.39. The Labute approximate surface area is 140 Å². The monoisotopic (exact) mass is 342 g/mol. The van der Waals surface area contributed by atoms with Gasteiger partial charge in [0, 0.05) is 24.5 Å². The fraction of sp³-hybridized carbons (Fsp3) is 0.562. The van der Waals surface area contributed by atoms with Crippen molar-refractivity contribution in [3.63, 3.8) is 0 Å². The number of nitrogens with zero attached hydrogens (tertiary/aromatic N) is 1. The Kier molecular flexibility index (Phi) is 5.13. The molecule has 0 radical (unpaired) electrons. The van der Waals surface area contributed by atoms with Gasteiger partial charge in [-0.2, -0.15) is 13.2 Å². The number of hydrogen-bond donors (Lipinski definition) is 1. The third-order valence-electron chi connectivity index (χ3n) is 4.44. The summed E-state index contributed by atoms with van der Waals surface area (Å²) in [7, 11) is 0.997. The van der Waals surface area contributed by atoms with Crippen LogP contribution in [0.4, 0.5) is 13.2 Å². The molecule has 0 spiro atoms. The number of likely N-dealkylation sites (N-methyl/N-ethyl adjacent to an activating group) is 1. The molecule has 4 nitrogen and oxygen atoms in total. The fourth-order valence-electron chi connectivity index (χ4n) is 2.38. The largest absolute Gasteiger partial charge is 0.491 e. The lowest BCUT2D eigenvalue weighted by Gasteiger charge is -2.32. The molecule has 1 fully saturated rings. The Morgan fingerprint density at radius 2 is 1.83 bits per heavy atom. The second-order valence-electron chi connectivity index (χ2n) is 6.80. The van der Waals surface area contributed by atoms with Gasteiger partial charge in [-0.1, -0.05) is 6.08 Å². The summed E-state index contributed by atoms with van der Waals surface area (Å²) in [6.45, 7) is 7.93. The van der Waals surface area contributed by atoms with Crippen LogP contribution in [-0.2, 0) is 15.5 Å². The average Bonchev–Trinajstić information content (AvgIpc) is 2.66. The summed E-state index contributed by atoms with van der Waals surface area (Å²) in [5.41, 5.74) is -1.29. The maximum atomic E-state index is 13.2. The molecule has 132 valence electrons. The first kappa shape index (κ1) is 19.0. The number of pyridine rings is 1. The SMILES string of the molecule is CNCC(=Cc1cnccc1C(F)(F)F)B1OC(C)(C)C(C)(C)O1. The normalized spacial score (nSPS) is 20.5. The molecule has 2 rings (SSSR count). The summed E-state index contributed by atoms with van der Waals surface area (Å²) in [6, 6.07) is 0.965. The Balaban J connectivity index is 2.41. The van der Waals surface area contributed by atoms with E-state index in [1.54, 1.807) is 7.05 Å². The van der Waals surface area contributed by atoms with Crippen LogP contribution in [0.5, 0.6) is 0 Å². The average molecular weight is 342 g/mol. The molecule has 1 aliphatic rings. The third-order valence-corrected chi connectivity index (χ3v) is 4.44. The van der Waals surface area contributed by atoms with Crippen molar-refractivity contribution in [1.29, 1.82) is 0 Å². The van der Waals surface area contributed by atoms with Crippen LogP contribution in [-0.4, -0.2) is 36.9 Å². The number of aromatic nitrogens is 1. The number of alkyl halides is 3. The predicted molar refractivity (Wildman–Crippen MR) is 87.2 cm³/mol. The van der Waals surface area contributed by atoms with Gasteiger partial charge in [-0.3, -0.25) is 4.98 Å². The van der Waals surface area contributed by atoms with E-state index in [9.17, 15) is 13.2 Å². The quantitative estimate of drug-likeness (QED) is 0.853. The maximum absolute atomic E-state index is 13.2. The Morgan fingerprint density at radius 1 is 1.25 bits per heavy atom. The van der Waals surface area contributed by atoms with Crippen molar-refractivity contribution in [2.45, 2.75) is 45.1 Å². The number of halogens is 3. The molecule has 0 aromatic carbocycles. The predicted octanol–water partition coefficient (Wildman–Crippen LogP) is 3.33. The molecule has 8 heteroatoms. The van der Waals surface area contributed by atoms with E-state index < -0.39 is 30.1 Å². The van der Waals surface area contributed by atoms with E-state index >= 15 is 0 Å². The van der Waals surface area contributed by atoms with Crippen LogP contribution in [0, 0.1) is 0 Å². The fourth-order valence-corrected chi connectivity index (χ4v) is 2.38. The van der Waals surface area contributed by atoms with Crippen LogP contribution in [0.2, 0.25) is 0 Å². The third kappa shape index (κ3) is 3.82. The zero-order chi connectivity index (χ0) is 18.2. The van der Waals surface area contributed by atoms with Crippen LogP contribution >= 0.6 is 0 Å². The first-order valence-corrected chi connectivity index (χ1v) is 7.70. The van der Waals surface area contributed by atoms with Crippen LogP contribution in [0.25, 0.3) is 6.08 Å². The van der Waals surface area contributed by atoms with Gasteiger partial charge in [0.1, 0.15) is 0 Å². The van der Waals surface area contributed by atoms with Crippen molar-refractivity contribution in [2.75, 3.05) is 13.6 Å². The Morgan fingerprint density at radius 3 is 2.33 bits per heavy atom. The number of hydrogen-bond acceptors (Lipinski definition) is 4. The zero-order valence-electron chi connectivity index (χ0n) is 14.5. The molecule has 1 aromatic heterocycles. The molecule has 1 aliphatic heterocycles. The molecule has 0 unspecified atom stereocenters. The minimum Gasteiger partial charge on any atom is -0.400 e. The van der Waals surface area contributed by atoms with E-state index in [0.717, 1.165) is 12.3 Å². The van der Waals surface area contributed by atoms with E-state index in [4.69, 9.17) is 9.31 Å². The molecule has 1 N–H and O–H groups in total. The van der Waals surface area contributed by atoms with E-state index in [0.29, 0.717) is 12.0 Å². The summed E-state index contributed by atoms with van der Waals surface area (Å²) < 4.78 is 51.4. The van der Waals surface area contributed by atoms with Gasteiger partial charge in [-0.05, 0) is 46.3 Å². The van der Waals surface area contributed by atoms with Crippen molar-refractivity contribution in [3.05, 3.63) is 35.1 Å². The lowest BCUT2D eigenvalue weighted by Crippen LogP contribution is -2.41. The van der Waals surface area contributed by atoms with Crippen molar-refractivity contribution in [1.82, 2.24) is 10.3 Å². The molecule has 2 heterocycles. The number of rotatable bonds is 4. The highest BCUT2D eigenvalue weighted by Gasteiger charge is 2.52. The van der Waals surface area contributed by atoms with Crippen molar-refractivity contribution in [2.24, 2.45) is 0 Å². The molecule has 0 saturated carbocycles. The van der Waals surface area contributed by atoms with E-state index in [2.05, 4.69) is 10.3 Å². The van der Waals surface area contributed by atoms with Crippen LogP contribution < -0.4 is 5.32 Å². The van der Waals surface area contributed by atoms with Gasteiger partial charge in [0.15, 0.2) is 0 Å². The first-order valence-electron chi connectivity index (χ1n) is 7.70. The van der Waals surface area contributed by atoms with Gasteiger partial charge in [-0.25, -0.2) is 0 Å². The highest BCUT2D eigenvalue weighted by molar-refractivity contribution is 6.55. The second-order valence-corrected chi connectivity index (χ2v) is 6.80. The van der Waals surface area contributed by atoms with Gasteiger partial charge in [0.05, 0.1) is 16.8 Å². The maximum Gasteiger partial charge on any atom is 0.491 e. The molecule has 0 amide bonds. The molecular formula is C16H22BF3N2O2. The lowest BCUT2D eigenvalue weighted by atomic mass is 9.76. The summed E-state index contributed by atoms with van der Waals surface area (Å²) in [6.07, 6.45) is -0.680. The smallest absolute Gasteiger partial charge is 0.400 e. The van der Waals surface area contributed by atoms with E-state index in [-0.39, 0.29) is 5.56 Å². The molecule has 0 bridgehead atoms. The summed E-state index contributed by atoms with van der Waals surface area (Å²) in [5.74, 6) is 0. The molecular weight excluding hydrogens is 320 g/mol. The van der Waals surface area contributed by atoms with Gasteiger partial charge in [0.25, 0.3) is 0 Å². The molecule has 1 saturated heterocycles. The minimum absolute atomic E-state index is 0.00929. The van der Waals surface area contributed by atoms with E-state index in [1.807, 2.05) is 27.7 Å². The first-order chi connectivity index (χ1) is 11.0. The van der Waals surface area contributed by atoms with E-state index in [1.165, 1.54) is 12.3 Å². The van der Waals surface area contributed by atoms with Crippen molar-refractivity contribution < 1.29 is 22.5 Å². The second kappa shape index (κ2) is 6.50. The minimum atomic E-state index is -4.45. The van der Waals surface area contributed by atoms with Crippen molar-refractivity contribution >= 4 is 13.2 Å². The standard InChI is InChI=1S/C16H22BF3N2O2/c1-14(2)15(3,4)24-17(23-14)12(10-21-5)8-11-9-22-7-6-13(11)16(18,19)20/h6-9,21H,10H2,1-5H3. The number of nitrogens with one attached hydrogen (secondary N) is 1. The van der Waals surface area contributed by atoms with Gasteiger partial charge >= 0.3 is 13.3 Å². The molecule has 0 aliphatic carbocycles. The van der Waals surface area contributed by atoms with Crippen molar-refractivity contribution in [3.8, 4) is 0 Å². The van der Waals surface area contributed by atoms with Gasteiger partial charge in [-0.15, -0.1) is 0 Å². The van der Waals surface area contributed by atoms with Gasteiger partial charge < -0.3 is 14.6 Å².